The monoisotopic (exact) mass is 313 g/mol. The van der Waals surface area contributed by atoms with Crippen LogP contribution in [0.2, 0.25) is 0 Å². The molecule has 0 spiro atoms. The zero-order chi connectivity index (χ0) is 16.0. The smallest absolute Gasteiger partial charge is 0.308 e. The molecule has 2 aliphatic heterocycles. The van der Waals surface area contributed by atoms with Gasteiger partial charge in [-0.2, -0.15) is 0 Å². The van der Waals surface area contributed by atoms with Gasteiger partial charge in [-0.25, -0.2) is 13.2 Å². The summed E-state index contributed by atoms with van der Waals surface area (Å²) in [5.74, 6) is -3.21. The van der Waals surface area contributed by atoms with Gasteiger partial charge in [0.25, 0.3) is 12.3 Å². The minimum atomic E-state index is -2.81. The number of carbonyl (C=O) groups excluding carboxylic acids is 1. The minimum Gasteiger partial charge on any atom is -0.481 e. The number of benzene rings is 1. The summed E-state index contributed by atoms with van der Waals surface area (Å²) < 4.78 is 39.0. The number of hydrogen-bond acceptors (Lipinski definition) is 2. The van der Waals surface area contributed by atoms with Crippen LogP contribution in [-0.2, 0) is 4.79 Å². The molecule has 1 aromatic rings. The molecule has 0 radical (unpaired) electrons. The molecule has 0 saturated carbocycles. The number of alkyl halides is 2. The molecule has 2 aliphatic rings. The molecule has 118 valence electrons. The van der Waals surface area contributed by atoms with Gasteiger partial charge in [0.1, 0.15) is 5.82 Å². The lowest BCUT2D eigenvalue weighted by Crippen LogP contribution is -2.38. The molecular formula is C15H14F3NO3. The Labute approximate surface area is 124 Å². The van der Waals surface area contributed by atoms with Crippen LogP contribution < -0.4 is 0 Å². The highest BCUT2D eigenvalue weighted by atomic mass is 19.3. The third kappa shape index (κ3) is 2.24. The highest BCUT2D eigenvalue weighted by Gasteiger charge is 2.51. The summed E-state index contributed by atoms with van der Waals surface area (Å²) in [5, 5.41) is 9.16. The first-order valence-corrected chi connectivity index (χ1v) is 7.03. The molecule has 3 atom stereocenters. The van der Waals surface area contributed by atoms with Crippen molar-refractivity contribution < 1.29 is 27.9 Å². The van der Waals surface area contributed by atoms with Crippen LogP contribution in [0.15, 0.2) is 18.2 Å². The number of carboxylic acid groups (broad SMARTS) is 1. The van der Waals surface area contributed by atoms with Gasteiger partial charge in [-0.3, -0.25) is 9.59 Å². The van der Waals surface area contributed by atoms with Gasteiger partial charge in [-0.1, -0.05) is 6.07 Å². The van der Waals surface area contributed by atoms with Crippen LogP contribution in [0.1, 0.15) is 41.6 Å². The summed E-state index contributed by atoms with van der Waals surface area (Å²) in [6, 6.07) is 2.07. The lowest BCUT2D eigenvalue weighted by atomic mass is 9.89. The van der Waals surface area contributed by atoms with E-state index in [4.69, 9.17) is 5.11 Å². The maximum Gasteiger partial charge on any atom is 0.308 e. The minimum absolute atomic E-state index is 0.215. The Kier molecular flexibility index (Phi) is 3.58. The Bertz CT molecular complexity index is 634. The van der Waals surface area contributed by atoms with E-state index in [1.54, 1.807) is 0 Å². The fraction of sp³-hybridized carbons (Fsp3) is 0.467. The highest BCUT2D eigenvalue weighted by molar-refractivity contribution is 5.96. The zero-order valence-electron chi connectivity index (χ0n) is 11.5. The molecule has 1 amide bonds. The van der Waals surface area contributed by atoms with Crippen molar-refractivity contribution in [3.63, 3.8) is 0 Å². The average molecular weight is 313 g/mol. The van der Waals surface area contributed by atoms with Crippen LogP contribution >= 0.6 is 0 Å². The van der Waals surface area contributed by atoms with Crippen LogP contribution in [0.3, 0.4) is 0 Å². The Morgan fingerprint density at radius 1 is 1.27 bits per heavy atom. The predicted octanol–water partition coefficient (Wildman–Crippen LogP) is 2.84. The lowest BCUT2D eigenvalue weighted by molar-refractivity contribution is -0.142. The van der Waals surface area contributed by atoms with E-state index in [0.29, 0.717) is 25.3 Å². The van der Waals surface area contributed by atoms with E-state index in [9.17, 15) is 22.8 Å². The van der Waals surface area contributed by atoms with Crippen LogP contribution in [0, 0.1) is 11.7 Å². The number of amides is 1. The number of hydrogen-bond donors (Lipinski definition) is 1. The van der Waals surface area contributed by atoms with Gasteiger partial charge in [0, 0.05) is 17.6 Å². The second kappa shape index (κ2) is 5.30. The summed E-state index contributed by atoms with van der Waals surface area (Å²) in [6.45, 7) is 0. The number of rotatable bonds is 3. The predicted molar refractivity (Wildman–Crippen MR) is 70.1 cm³/mol. The van der Waals surface area contributed by atoms with Crippen molar-refractivity contribution in [2.24, 2.45) is 5.92 Å². The first-order chi connectivity index (χ1) is 10.4. The summed E-state index contributed by atoms with van der Waals surface area (Å²) >= 11 is 0. The van der Waals surface area contributed by atoms with Gasteiger partial charge in [-0.15, -0.1) is 0 Å². The van der Waals surface area contributed by atoms with Gasteiger partial charge in [-0.05, 0) is 31.4 Å². The van der Waals surface area contributed by atoms with Crippen molar-refractivity contribution in [2.45, 2.75) is 37.8 Å². The van der Waals surface area contributed by atoms with E-state index in [0.717, 1.165) is 12.1 Å². The summed E-state index contributed by atoms with van der Waals surface area (Å²) in [4.78, 5) is 25.1. The number of halogens is 3. The molecule has 2 bridgehead atoms. The molecular weight excluding hydrogens is 299 g/mol. The number of fused-ring (bicyclic) bond motifs is 2. The topological polar surface area (TPSA) is 57.6 Å². The van der Waals surface area contributed by atoms with Gasteiger partial charge < -0.3 is 10.0 Å². The molecule has 22 heavy (non-hydrogen) atoms. The largest absolute Gasteiger partial charge is 0.481 e. The molecule has 2 fully saturated rings. The lowest BCUT2D eigenvalue weighted by Gasteiger charge is -2.23. The van der Waals surface area contributed by atoms with E-state index >= 15 is 0 Å². The summed E-state index contributed by atoms with van der Waals surface area (Å²) in [6.07, 6.45) is -1.18. The van der Waals surface area contributed by atoms with Gasteiger partial charge in [0.05, 0.1) is 11.5 Å². The maximum atomic E-state index is 13.9. The molecule has 1 N–H and O–H groups in total. The normalized spacial score (nSPS) is 26.7. The van der Waals surface area contributed by atoms with E-state index in [-0.39, 0.29) is 11.6 Å². The molecule has 4 nitrogen and oxygen atoms in total. The standard InChI is InChI=1S/C15H14F3NO3/c16-11-5-7(13(17)18)1-3-9(11)14(20)19-8-2-4-12(19)10(6-8)15(21)22/h1,3,5,8,10,12-13H,2,4,6H2,(H,21,22). The van der Waals surface area contributed by atoms with Crippen LogP contribution in [-0.4, -0.2) is 34.0 Å². The second-order valence-electron chi connectivity index (χ2n) is 5.73. The van der Waals surface area contributed by atoms with E-state index in [1.807, 2.05) is 0 Å². The van der Waals surface area contributed by atoms with Gasteiger partial charge in [0.15, 0.2) is 0 Å². The fourth-order valence-electron chi connectivity index (χ4n) is 3.55. The molecule has 2 heterocycles. The fourth-order valence-corrected chi connectivity index (χ4v) is 3.55. The third-order valence-electron chi connectivity index (χ3n) is 4.56. The maximum absolute atomic E-state index is 13.9. The van der Waals surface area contributed by atoms with Crippen LogP contribution in [0.25, 0.3) is 0 Å². The van der Waals surface area contributed by atoms with E-state index in [2.05, 4.69) is 0 Å². The number of carboxylic acids is 1. The van der Waals surface area contributed by atoms with Gasteiger partial charge >= 0.3 is 5.97 Å². The summed E-state index contributed by atoms with van der Waals surface area (Å²) in [5.41, 5.74) is -0.769. The Morgan fingerprint density at radius 2 is 2.00 bits per heavy atom. The first-order valence-electron chi connectivity index (χ1n) is 7.03. The quantitative estimate of drug-likeness (QED) is 0.933. The van der Waals surface area contributed by atoms with Crippen molar-refractivity contribution in [1.29, 1.82) is 0 Å². The SMILES string of the molecule is O=C(O)C1CC2CCC1N2C(=O)c1ccc(C(F)F)cc1F. The average Bonchev–Trinajstić information content (AvgIpc) is 3.04. The number of carbonyl (C=O) groups is 2. The van der Waals surface area contributed by atoms with E-state index in [1.165, 1.54) is 4.90 Å². The molecule has 2 saturated heterocycles. The van der Waals surface area contributed by atoms with Crippen LogP contribution in [0.4, 0.5) is 13.2 Å². The van der Waals surface area contributed by atoms with Crippen molar-refractivity contribution in [3.05, 3.63) is 35.1 Å². The second-order valence-corrected chi connectivity index (χ2v) is 5.73. The van der Waals surface area contributed by atoms with Crippen molar-refractivity contribution in [2.75, 3.05) is 0 Å². The highest BCUT2D eigenvalue weighted by Crippen LogP contribution is 2.42. The van der Waals surface area contributed by atoms with Crippen molar-refractivity contribution in [1.82, 2.24) is 4.90 Å². The molecule has 1 aromatic carbocycles. The van der Waals surface area contributed by atoms with Gasteiger partial charge in [0.2, 0.25) is 0 Å². The molecule has 3 rings (SSSR count). The Morgan fingerprint density at radius 3 is 2.55 bits per heavy atom. The van der Waals surface area contributed by atoms with Crippen molar-refractivity contribution >= 4 is 11.9 Å². The molecule has 0 aromatic heterocycles. The van der Waals surface area contributed by atoms with Crippen LogP contribution in [0.5, 0.6) is 0 Å². The number of nitrogens with zero attached hydrogens (tertiary/aromatic N) is 1. The summed E-state index contributed by atoms with van der Waals surface area (Å²) in [7, 11) is 0. The Hall–Kier alpha value is -2.05. The zero-order valence-corrected chi connectivity index (χ0v) is 11.5. The van der Waals surface area contributed by atoms with Crippen molar-refractivity contribution in [3.8, 4) is 0 Å². The molecule has 3 unspecified atom stereocenters. The first kappa shape index (κ1) is 14.9. The molecule has 7 heteroatoms. The molecule has 0 aliphatic carbocycles. The van der Waals surface area contributed by atoms with E-state index < -0.39 is 41.6 Å². The Balaban J connectivity index is 1.88. The third-order valence-corrected chi connectivity index (χ3v) is 4.56. The number of aliphatic carboxylic acids is 1.